The van der Waals surface area contributed by atoms with E-state index in [9.17, 15) is 10.2 Å². The molecule has 0 aromatic rings. The van der Waals surface area contributed by atoms with Crippen LogP contribution in [0.2, 0.25) is 0 Å². The lowest BCUT2D eigenvalue weighted by molar-refractivity contribution is -0.207. The van der Waals surface area contributed by atoms with Crippen molar-refractivity contribution in [1.82, 2.24) is 10.6 Å². The molecule has 0 bridgehead atoms. The van der Waals surface area contributed by atoms with Crippen molar-refractivity contribution >= 4 is 5.96 Å². The maximum Gasteiger partial charge on any atom is 0.202 e. The minimum atomic E-state index is -0.606. The average Bonchev–Trinajstić information content (AvgIpc) is 3.03. The Morgan fingerprint density at radius 2 is 1.94 bits per heavy atom. The summed E-state index contributed by atoms with van der Waals surface area (Å²) in [6.07, 6.45) is 14.5. The van der Waals surface area contributed by atoms with Gasteiger partial charge in [-0.05, 0) is 93.3 Å². The Balaban J connectivity index is 1.46. The summed E-state index contributed by atoms with van der Waals surface area (Å²) in [6, 6.07) is 0. The molecular formula is C26H46N4O3. The number of guanidine groups is 1. The molecule has 0 aliphatic heterocycles. The van der Waals surface area contributed by atoms with Crippen LogP contribution < -0.4 is 11.2 Å². The molecule has 0 saturated heterocycles. The molecule has 0 heterocycles. The molecule has 0 aromatic carbocycles. The van der Waals surface area contributed by atoms with Crippen LogP contribution in [0.4, 0.5) is 0 Å². The molecular weight excluding hydrogens is 416 g/mol. The lowest BCUT2D eigenvalue weighted by atomic mass is 9.43. The fraction of sp³-hybridized carbons (Fsp3) is 0.885. The van der Waals surface area contributed by atoms with Crippen molar-refractivity contribution in [2.24, 2.45) is 40.2 Å². The first-order valence-corrected chi connectivity index (χ1v) is 13.2. The summed E-state index contributed by atoms with van der Waals surface area (Å²) in [4.78, 5) is 5.64. The van der Waals surface area contributed by atoms with Gasteiger partial charge in [0.05, 0.1) is 24.9 Å². The third kappa shape index (κ3) is 4.35. The van der Waals surface area contributed by atoms with Gasteiger partial charge in [-0.3, -0.25) is 15.7 Å². The number of hydrogen-bond acceptors (Lipinski definition) is 5. The van der Waals surface area contributed by atoms with E-state index in [1.165, 1.54) is 11.6 Å². The number of allylic oxidation sites excluding steroid dienone is 1. The summed E-state index contributed by atoms with van der Waals surface area (Å²) in [5.74, 6) is 1.75. The molecule has 8 atom stereocenters. The van der Waals surface area contributed by atoms with Crippen LogP contribution in [0.3, 0.4) is 0 Å². The van der Waals surface area contributed by atoms with Crippen LogP contribution in [0.25, 0.3) is 0 Å². The minimum Gasteiger partial charge on any atom is -0.393 e. The third-order valence-electron chi connectivity index (χ3n) is 10.2. The van der Waals surface area contributed by atoms with Crippen molar-refractivity contribution in [3.63, 3.8) is 0 Å². The van der Waals surface area contributed by atoms with Crippen LogP contribution in [0, 0.1) is 39.9 Å². The summed E-state index contributed by atoms with van der Waals surface area (Å²) in [5, 5.41) is 31.5. The van der Waals surface area contributed by atoms with E-state index in [1.54, 1.807) is 0 Å². The van der Waals surface area contributed by atoms with Crippen molar-refractivity contribution in [2.75, 3.05) is 13.2 Å². The second-order valence-corrected chi connectivity index (χ2v) is 11.8. The molecule has 0 spiro atoms. The topological polar surface area (TPSA) is 115 Å². The van der Waals surface area contributed by atoms with Gasteiger partial charge in [-0.1, -0.05) is 38.1 Å². The molecule has 4 fully saturated rings. The van der Waals surface area contributed by atoms with Gasteiger partial charge in [0.1, 0.15) is 0 Å². The number of nitrogens with one attached hydrogen (secondary N) is 2. The van der Waals surface area contributed by atoms with Gasteiger partial charge < -0.3 is 15.9 Å². The largest absolute Gasteiger partial charge is 0.393 e. The van der Waals surface area contributed by atoms with Crippen LogP contribution in [0.1, 0.15) is 85.0 Å². The summed E-state index contributed by atoms with van der Waals surface area (Å²) in [7, 11) is 0. The highest BCUT2D eigenvalue weighted by molar-refractivity contribution is 5.73. The fourth-order valence-electron chi connectivity index (χ4n) is 8.34. The van der Waals surface area contributed by atoms with Crippen molar-refractivity contribution in [3.8, 4) is 0 Å². The van der Waals surface area contributed by atoms with Gasteiger partial charge in [0.2, 0.25) is 5.96 Å². The van der Waals surface area contributed by atoms with Gasteiger partial charge in [0.25, 0.3) is 0 Å². The molecule has 4 saturated carbocycles. The first-order valence-electron chi connectivity index (χ1n) is 13.2. The van der Waals surface area contributed by atoms with Gasteiger partial charge >= 0.3 is 0 Å². The normalized spacial score (nSPS) is 45.0. The van der Waals surface area contributed by atoms with Crippen LogP contribution in [-0.4, -0.2) is 46.2 Å². The Bertz CT molecular complexity index is 747. The SMILES string of the molecule is CCCON(C/C=C/[C@H]1CC[C@]2(O)[C@@H]3CC[C@@H]4C[C@@H](O)CC[C@]4(C)[C@H]3CC[C@]12C)NC(=N)N. The monoisotopic (exact) mass is 462 g/mol. The lowest BCUT2D eigenvalue weighted by Gasteiger charge is -2.63. The number of hydrazine groups is 1. The molecule has 7 nitrogen and oxygen atoms in total. The molecule has 6 N–H and O–H groups in total. The van der Waals surface area contributed by atoms with Crippen LogP contribution in [0.5, 0.6) is 0 Å². The Labute approximate surface area is 199 Å². The Kier molecular flexibility index (Phi) is 7.17. The van der Waals surface area contributed by atoms with E-state index in [-0.39, 0.29) is 22.9 Å². The molecule has 0 amide bonds. The molecule has 4 rings (SSSR count). The summed E-state index contributed by atoms with van der Waals surface area (Å²) < 4.78 is 0. The highest BCUT2D eigenvalue weighted by Crippen LogP contribution is 2.69. The highest BCUT2D eigenvalue weighted by Gasteiger charge is 2.66. The number of aliphatic hydroxyl groups is 2. The second-order valence-electron chi connectivity index (χ2n) is 11.8. The Morgan fingerprint density at radius 1 is 1.15 bits per heavy atom. The predicted molar refractivity (Wildman–Crippen MR) is 130 cm³/mol. The highest BCUT2D eigenvalue weighted by atomic mass is 16.7. The van der Waals surface area contributed by atoms with Crippen molar-refractivity contribution in [3.05, 3.63) is 12.2 Å². The van der Waals surface area contributed by atoms with Crippen molar-refractivity contribution < 1.29 is 15.1 Å². The molecule has 7 heteroatoms. The van der Waals surface area contributed by atoms with E-state index in [2.05, 4.69) is 31.4 Å². The van der Waals surface area contributed by atoms with Crippen LogP contribution in [-0.2, 0) is 4.84 Å². The zero-order valence-electron chi connectivity index (χ0n) is 20.9. The smallest absolute Gasteiger partial charge is 0.202 e. The fourth-order valence-corrected chi connectivity index (χ4v) is 8.34. The first-order chi connectivity index (χ1) is 15.6. The number of hydroxylamine groups is 1. The van der Waals surface area contributed by atoms with Crippen LogP contribution in [0.15, 0.2) is 12.2 Å². The molecule has 4 aliphatic carbocycles. The summed E-state index contributed by atoms with van der Waals surface area (Å²) >= 11 is 0. The van der Waals surface area contributed by atoms with Gasteiger partial charge in [0, 0.05) is 5.41 Å². The number of nitrogens with two attached hydrogens (primary N) is 1. The van der Waals surface area contributed by atoms with Gasteiger partial charge in [-0.2, -0.15) is 0 Å². The molecule has 0 radical (unpaired) electrons. The number of nitrogens with zero attached hydrogens (tertiary/aromatic N) is 1. The first kappa shape index (κ1) is 25.0. The van der Waals surface area contributed by atoms with E-state index in [1.807, 2.05) is 6.92 Å². The van der Waals surface area contributed by atoms with E-state index in [0.717, 1.165) is 57.8 Å². The van der Waals surface area contributed by atoms with E-state index in [0.29, 0.717) is 36.8 Å². The van der Waals surface area contributed by atoms with E-state index in [4.69, 9.17) is 16.0 Å². The zero-order chi connectivity index (χ0) is 23.9. The zero-order valence-corrected chi connectivity index (χ0v) is 20.9. The maximum absolute atomic E-state index is 12.3. The Morgan fingerprint density at radius 3 is 2.67 bits per heavy atom. The molecule has 188 valence electrons. The number of fused-ring (bicyclic) bond motifs is 5. The number of aliphatic hydroxyl groups excluding tert-OH is 1. The molecule has 0 aromatic heterocycles. The molecule has 33 heavy (non-hydrogen) atoms. The van der Waals surface area contributed by atoms with Gasteiger partial charge in [-0.15, -0.1) is 0 Å². The predicted octanol–water partition coefficient (Wildman–Crippen LogP) is 3.72. The summed E-state index contributed by atoms with van der Waals surface area (Å²) in [5.41, 5.74) is 7.78. The minimum absolute atomic E-state index is 0.106. The van der Waals surface area contributed by atoms with Gasteiger partial charge in [-0.25, -0.2) is 0 Å². The number of hydrogen-bond donors (Lipinski definition) is 5. The van der Waals surface area contributed by atoms with Crippen LogP contribution >= 0.6 is 0 Å². The average molecular weight is 463 g/mol. The quantitative estimate of drug-likeness (QED) is 0.170. The maximum atomic E-state index is 12.3. The van der Waals surface area contributed by atoms with Crippen molar-refractivity contribution in [2.45, 2.75) is 96.7 Å². The lowest BCUT2D eigenvalue weighted by Crippen LogP contribution is -2.62. The molecule has 0 unspecified atom stereocenters. The van der Waals surface area contributed by atoms with E-state index >= 15 is 0 Å². The van der Waals surface area contributed by atoms with Crippen molar-refractivity contribution in [1.29, 1.82) is 5.41 Å². The molecule has 4 aliphatic rings. The van der Waals surface area contributed by atoms with E-state index < -0.39 is 5.60 Å². The second kappa shape index (κ2) is 9.48. The van der Waals surface area contributed by atoms with Gasteiger partial charge in [0.15, 0.2) is 0 Å². The third-order valence-corrected chi connectivity index (χ3v) is 10.2. The number of rotatable bonds is 7. The Hall–Kier alpha value is -1.15. The standard InChI is InChI=1S/C26H46N4O3/c1-4-16-33-30(29-23(27)28)15-5-6-18-9-14-26(32)22-8-7-19-17-20(31)10-12-24(19,2)21(22)11-13-25(18,26)3/h5-6,18-22,31-32H,4,7-17H2,1-3H3,(H4,27,28,29)/b6-5+/t18-,19+,20-,21-,22+,24-,25+,26-/m0/s1. The summed E-state index contributed by atoms with van der Waals surface area (Å²) in [6.45, 7) is 7.89.